The Morgan fingerprint density at radius 1 is 1.04 bits per heavy atom. The summed E-state index contributed by atoms with van der Waals surface area (Å²) in [7, 11) is 0. The van der Waals surface area contributed by atoms with Crippen LogP contribution in [0.15, 0.2) is 54.7 Å². The topological polar surface area (TPSA) is 37.4 Å². The highest BCUT2D eigenvalue weighted by atomic mass is 35.5. The summed E-state index contributed by atoms with van der Waals surface area (Å²) in [6, 6.07) is 16.4. The SMILES string of the molecule is Clc1ccccc1-c1ccc(CNCc2cccnc2N2CCOCC2)s1. The van der Waals surface area contributed by atoms with Crippen molar-refractivity contribution < 1.29 is 4.74 Å². The average Bonchev–Trinajstić information content (AvgIpc) is 3.18. The molecule has 0 bridgehead atoms. The van der Waals surface area contributed by atoms with Crippen LogP contribution in [0, 0.1) is 0 Å². The lowest BCUT2D eigenvalue weighted by molar-refractivity contribution is 0.122. The predicted molar refractivity (Wildman–Crippen MR) is 113 cm³/mol. The molecule has 1 fully saturated rings. The highest BCUT2D eigenvalue weighted by Gasteiger charge is 2.15. The molecule has 27 heavy (non-hydrogen) atoms. The van der Waals surface area contributed by atoms with Gasteiger partial charge in [-0.2, -0.15) is 0 Å². The largest absolute Gasteiger partial charge is 0.378 e. The van der Waals surface area contributed by atoms with E-state index < -0.39 is 0 Å². The molecular formula is C21H22ClN3OS. The van der Waals surface area contributed by atoms with E-state index in [2.05, 4.69) is 39.5 Å². The van der Waals surface area contributed by atoms with E-state index >= 15 is 0 Å². The van der Waals surface area contributed by atoms with E-state index in [1.807, 2.05) is 30.5 Å². The molecule has 0 unspecified atom stereocenters. The van der Waals surface area contributed by atoms with Gasteiger partial charge in [0.25, 0.3) is 0 Å². The molecular weight excluding hydrogens is 378 g/mol. The van der Waals surface area contributed by atoms with Gasteiger partial charge in [0.1, 0.15) is 5.82 Å². The fourth-order valence-electron chi connectivity index (χ4n) is 3.23. The van der Waals surface area contributed by atoms with E-state index in [0.29, 0.717) is 0 Å². The third-order valence-corrected chi connectivity index (χ3v) is 6.04. The van der Waals surface area contributed by atoms with Gasteiger partial charge in [-0.1, -0.05) is 35.9 Å². The van der Waals surface area contributed by atoms with Gasteiger partial charge in [-0.25, -0.2) is 4.98 Å². The predicted octanol–water partition coefficient (Wildman–Crippen LogP) is 4.59. The van der Waals surface area contributed by atoms with Crippen LogP contribution in [-0.2, 0) is 17.8 Å². The Morgan fingerprint density at radius 3 is 2.74 bits per heavy atom. The summed E-state index contributed by atoms with van der Waals surface area (Å²) >= 11 is 8.09. The molecule has 0 aliphatic carbocycles. The van der Waals surface area contributed by atoms with Crippen molar-refractivity contribution in [2.45, 2.75) is 13.1 Å². The standard InChI is InChI=1S/C21H22ClN3OS/c22-19-6-2-1-5-18(19)20-8-7-17(27-20)15-23-14-16-4-3-9-24-21(16)25-10-12-26-13-11-25/h1-9,23H,10-15H2. The van der Waals surface area contributed by atoms with Crippen LogP contribution in [0.25, 0.3) is 10.4 Å². The van der Waals surface area contributed by atoms with Crippen molar-refractivity contribution in [2.24, 2.45) is 0 Å². The lowest BCUT2D eigenvalue weighted by atomic mass is 10.2. The molecule has 140 valence electrons. The van der Waals surface area contributed by atoms with Crippen LogP contribution in [0.4, 0.5) is 5.82 Å². The maximum atomic E-state index is 6.31. The van der Waals surface area contributed by atoms with Gasteiger partial charge in [-0.05, 0) is 24.3 Å². The van der Waals surface area contributed by atoms with E-state index in [9.17, 15) is 0 Å². The highest BCUT2D eigenvalue weighted by Crippen LogP contribution is 2.33. The monoisotopic (exact) mass is 399 g/mol. The summed E-state index contributed by atoms with van der Waals surface area (Å²) in [5, 5.41) is 4.35. The van der Waals surface area contributed by atoms with Crippen LogP contribution >= 0.6 is 22.9 Å². The van der Waals surface area contributed by atoms with Crippen LogP contribution in [0.3, 0.4) is 0 Å². The minimum Gasteiger partial charge on any atom is -0.378 e. The number of rotatable bonds is 6. The minimum atomic E-state index is 0.767. The first-order valence-electron chi connectivity index (χ1n) is 9.12. The van der Waals surface area contributed by atoms with Crippen molar-refractivity contribution >= 4 is 28.8 Å². The third-order valence-electron chi connectivity index (χ3n) is 4.59. The van der Waals surface area contributed by atoms with Crippen LogP contribution in [0.2, 0.25) is 5.02 Å². The zero-order chi connectivity index (χ0) is 18.5. The smallest absolute Gasteiger partial charge is 0.133 e. The number of hydrogen-bond donors (Lipinski definition) is 1. The van der Waals surface area contributed by atoms with Gasteiger partial charge in [-0.3, -0.25) is 0 Å². The normalized spacial score (nSPS) is 14.5. The summed E-state index contributed by atoms with van der Waals surface area (Å²) in [5.41, 5.74) is 2.32. The molecule has 1 saturated heterocycles. The molecule has 0 spiro atoms. The Labute approximate surface area is 168 Å². The summed E-state index contributed by atoms with van der Waals surface area (Å²) in [6.45, 7) is 4.95. The lowest BCUT2D eigenvalue weighted by Crippen LogP contribution is -2.37. The quantitative estimate of drug-likeness (QED) is 0.657. The second-order valence-electron chi connectivity index (χ2n) is 6.43. The van der Waals surface area contributed by atoms with Crippen molar-refractivity contribution in [1.82, 2.24) is 10.3 Å². The Kier molecular flexibility index (Phi) is 6.04. The minimum absolute atomic E-state index is 0.767. The molecule has 1 aliphatic heterocycles. The third kappa shape index (κ3) is 4.50. The van der Waals surface area contributed by atoms with Gasteiger partial charge in [0.15, 0.2) is 0 Å². The Morgan fingerprint density at radius 2 is 1.89 bits per heavy atom. The van der Waals surface area contributed by atoms with E-state index in [4.69, 9.17) is 16.3 Å². The average molecular weight is 400 g/mol. The number of benzene rings is 1. The second kappa shape index (κ2) is 8.85. The summed E-state index contributed by atoms with van der Waals surface area (Å²) in [5.74, 6) is 1.07. The molecule has 0 radical (unpaired) electrons. The molecule has 3 aromatic rings. The fraction of sp³-hybridized carbons (Fsp3) is 0.286. The fourth-order valence-corrected chi connectivity index (χ4v) is 4.54. The van der Waals surface area contributed by atoms with Crippen molar-refractivity contribution in [1.29, 1.82) is 0 Å². The van der Waals surface area contributed by atoms with Crippen LogP contribution in [0.5, 0.6) is 0 Å². The lowest BCUT2D eigenvalue weighted by Gasteiger charge is -2.29. The maximum absolute atomic E-state index is 6.31. The van der Waals surface area contributed by atoms with Crippen molar-refractivity contribution in [2.75, 3.05) is 31.2 Å². The first-order valence-corrected chi connectivity index (χ1v) is 10.3. The Hall–Kier alpha value is -1.92. The van der Waals surface area contributed by atoms with Crippen LogP contribution in [-0.4, -0.2) is 31.3 Å². The molecule has 2 aromatic heterocycles. The number of nitrogens with zero attached hydrogens (tertiary/aromatic N) is 2. The van der Waals surface area contributed by atoms with E-state index in [1.165, 1.54) is 15.3 Å². The molecule has 1 aliphatic rings. The number of ether oxygens (including phenoxy) is 1. The van der Waals surface area contributed by atoms with Crippen LogP contribution < -0.4 is 10.2 Å². The van der Waals surface area contributed by atoms with E-state index in [0.717, 1.165) is 55.8 Å². The van der Waals surface area contributed by atoms with Gasteiger partial charge in [-0.15, -0.1) is 11.3 Å². The van der Waals surface area contributed by atoms with Gasteiger partial charge in [0.2, 0.25) is 0 Å². The molecule has 1 aromatic carbocycles. The van der Waals surface area contributed by atoms with Crippen LogP contribution in [0.1, 0.15) is 10.4 Å². The van der Waals surface area contributed by atoms with Gasteiger partial charge in [0, 0.05) is 58.3 Å². The molecule has 4 rings (SSSR count). The number of nitrogens with one attached hydrogen (secondary N) is 1. The summed E-state index contributed by atoms with van der Waals surface area (Å²) in [6.07, 6.45) is 1.86. The zero-order valence-corrected chi connectivity index (χ0v) is 16.6. The summed E-state index contributed by atoms with van der Waals surface area (Å²) in [4.78, 5) is 9.40. The number of anilines is 1. The summed E-state index contributed by atoms with van der Waals surface area (Å²) < 4.78 is 5.45. The molecule has 3 heterocycles. The molecule has 6 heteroatoms. The van der Waals surface area contributed by atoms with Crippen molar-refractivity contribution in [3.8, 4) is 10.4 Å². The number of hydrogen-bond acceptors (Lipinski definition) is 5. The molecule has 0 amide bonds. The van der Waals surface area contributed by atoms with E-state index in [1.54, 1.807) is 11.3 Å². The highest BCUT2D eigenvalue weighted by molar-refractivity contribution is 7.15. The number of aromatic nitrogens is 1. The Balaban J connectivity index is 1.39. The Bertz CT molecular complexity index is 892. The van der Waals surface area contributed by atoms with Crippen molar-refractivity contribution in [3.05, 3.63) is 70.2 Å². The maximum Gasteiger partial charge on any atom is 0.133 e. The van der Waals surface area contributed by atoms with Gasteiger partial charge < -0.3 is 15.0 Å². The molecule has 0 saturated carbocycles. The molecule has 4 nitrogen and oxygen atoms in total. The number of morpholine rings is 1. The van der Waals surface area contributed by atoms with Gasteiger partial charge >= 0.3 is 0 Å². The number of halogens is 1. The second-order valence-corrected chi connectivity index (χ2v) is 8.01. The van der Waals surface area contributed by atoms with E-state index in [-0.39, 0.29) is 0 Å². The molecule has 0 atom stereocenters. The first kappa shape index (κ1) is 18.4. The van der Waals surface area contributed by atoms with Crippen molar-refractivity contribution in [3.63, 3.8) is 0 Å². The zero-order valence-electron chi connectivity index (χ0n) is 15.0. The van der Waals surface area contributed by atoms with Gasteiger partial charge in [0.05, 0.1) is 13.2 Å². The first-order chi connectivity index (χ1) is 13.3. The number of pyridine rings is 1. The molecule has 1 N–H and O–H groups in total. The number of thiophene rings is 1.